The molecule has 0 aliphatic heterocycles. The van der Waals surface area contributed by atoms with Crippen molar-refractivity contribution in [3.05, 3.63) is 102 Å². The number of aldehydes is 1. The lowest BCUT2D eigenvalue weighted by molar-refractivity contribution is -0.107. The summed E-state index contributed by atoms with van der Waals surface area (Å²) in [6.07, 6.45) is 6.97. The van der Waals surface area contributed by atoms with Gasteiger partial charge in [0.05, 0.1) is 0 Å². The summed E-state index contributed by atoms with van der Waals surface area (Å²) in [5.41, 5.74) is 4.08. The van der Waals surface area contributed by atoms with Gasteiger partial charge in [0, 0.05) is 35.9 Å². The lowest BCUT2D eigenvalue weighted by Crippen LogP contribution is -1.98. The number of alkyl halides is 1. The van der Waals surface area contributed by atoms with Gasteiger partial charge in [0.15, 0.2) is 0 Å². The molecule has 0 aliphatic carbocycles. The highest BCUT2D eigenvalue weighted by Crippen LogP contribution is 2.27. The molecule has 0 fully saturated rings. The van der Waals surface area contributed by atoms with Crippen LogP contribution in [0, 0.1) is 5.82 Å². The second-order valence-corrected chi connectivity index (χ2v) is 8.51. The monoisotopic (exact) mass is 479 g/mol. The topological polar surface area (TPSA) is 31.2 Å². The molecule has 34 heavy (non-hydrogen) atoms. The molecule has 4 aromatic rings. The van der Waals surface area contributed by atoms with Crippen molar-refractivity contribution in [2.24, 2.45) is 0 Å². The predicted octanol–water partition coefficient (Wildman–Crippen LogP) is 7.56. The molecule has 5 heteroatoms. The second kappa shape index (κ2) is 13.6. The largest absolute Gasteiger partial charge is 0.489 e. The van der Waals surface area contributed by atoms with E-state index in [0.717, 1.165) is 45.5 Å². The summed E-state index contributed by atoms with van der Waals surface area (Å²) in [4.78, 5) is 11.1. The molecule has 3 nitrogen and oxygen atoms in total. The number of carbonyl (C=O) groups is 1. The number of aromatic nitrogens is 1. The maximum absolute atomic E-state index is 13.2. The van der Waals surface area contributed by atoms with Crippen LogP contribution in [0.15, 0.2) is 79.0 Å². The molecule has 178 valence electrons. The summed E-state index contributed by atoms with van der Waals surface area (Å²) in [6.45, 7) is 3.28. The Morgan fingerprint density at radius 1 is 0.971 bits per heavy atom. The van der Waals surface area contributed by atoms with E-state index >= 15 is 0 Å². The van der Waals surface area contributed by atoms with E-state index in [-0.39, 0.29) is 5.82 Å². The molecule has 0 N–H and O–H groups in total. The average molecular weight is 480 g/mol. The van der Waals surface area contributed by atoms with Crippen molar-refractivity contribution >= 4 is 28.8 Å². The SMILES string of the molecule is CCCCCCl.O=CCc1cn(Cc2ccc(F)cc2)c2ccc(OCc3ccccc3)cc12. The first kappa shape index (κ1) is 25.5. The van der Waals surface area contributed by atoms with Gasteiger partial charge in [-0.2, -0.15) is 0 Å². The Balaban J connectivity index is 0.000000481. The van der Waals surface area contributed by atoms with E-state index in [1.54, 1.807) is 12.1 Å². The van der Waals surface area contributed by atoms with Crippen molar-refractivity contribution in [1.29, 1.82) is 0 Å². The Bertz CT molecular complexity index is 1150. The van der Waals surface area contributed by atoms with Gasteiger partial charge in [-0.25, -0.2) is 4.39 Å². The molecule has 4 rings (SSSR count). The van der Waals surface area contributed by atoms with Crippen LogP contribution in [0.25, 0.3) is 10.9 Å². The molecule has 0 radical (unpaired) electrons. The Morgan fingerprint density at radius 2 is 1.74 bits per heavy atom. The van der Waals surface area contributed by atoms with Gasteiger partial charge < -0.3 is 14.1 Å². The summed E-state index contributed by atoms with van der Waals surface area (Å²) in [5, 5.41) is 1.000. The van der Waals surface area contributed by atoms with Crippen molar-refractivity contribution in [1.82, 2.24) is 4.57 Å². The third kappa shape index (κ3) is 7.46. The minimum atomic E-state index is -0.247. The highest BCUT2D eigenvalue weighted by Gasteiger charge is 2.10. The number of carbonyl (C=O) groups excluding carboxylic acids is 1. The van der Waals surface area contributed by atoms with Gasteiger partial charge in [-0.1, -0.05) is 62.2 Å². The van der Waals surface area contributed by atoms with Crippen molar-refractivity contribution in [2.75, 3.05) is 5.88 Å². The van der Waals surface area contributed by atoms with Crippen molar-refractivity contribution in [3.63, 3.8) is 0 Å². The first-order valence-electron chi connectivity index (χ1n) is 11.7. The van der Waals surface area contributed by atoms with Gasteiger partial charge in [0.2, 0.25) is 0 Å². The number of fused-ring (bicyclic) bond motifs is 1. The zero-order valence-electron chi connectivity index (χ0n) is 19.6. The van der Waals surface area contributed by atoms with Gasteiger partial charge in [0.25, 0.3) is 0 Å². The first-order chi connectivity index (χ1) is 16.6. The lowest BCUT2D eigenvalue weighted by Gasteiger charge is -2.08. The molecule has 1 aromatic heterocycles. The van der Waals surface area contributed by atoms with Crippen LogP contribution in [-0.4, -0.2) is 16.7 Å². The maximum atomic E-state index is 13.2. The summed E-state index contributed by atoms with van der Waals surface area (Å²) in [6, 6.07) is 22.4. The minimum Gasteiger partial charge on any atom is -0.489 e. The van der Waals surface area contributed by atoms with Gasteiger partial charge >= 0.3 is 0 Å². The number of halogens is 2. The van der Waals surface area contributed by atoms with Crippen LogP contribution in [0.4, 0.5) is 4.39 Å². The number of nitrogens with zero attached hydrogens (tertiary/aromatic N) is 1. The fourth-order valence-corrected chi connectivity index (χ4v) is 3.88. The molecule has 0 aliphatic rings. The maximum Gasteiger partial charge on any atom is 0.124 e. The Hall–Kier alpha value is -3.11. The molecule has 0 saturated carbocycles. The van der Waals surface area contributed by atoms with Gasteiger partial charge in [0.1, 0.15) is 24.5 Å². The van der Waals surface area contributed by atoms with Gasteiger partial charge in [-0.15, -0.1) is 11.6 Å². The van der Waals surface area contributed by atoms with Crippen LogP contribution in [0.5, 0.6) is 5.75 Å². The van der Waals surface area contributed by atoms with Crippen LogP contribution in [0.1, 0.15) is 42.9 Å². The quantitative estimate of drug-likeness (QED) is 0.133. The molecule has 3 aromatic carbocycles. The van der Waals surface area contributed by atoms with Crippen LogP contribution < -0.4 is 4.74 Å². The van der Waals surface area contributed by atoms with E-state index in [2.05, 4.69) is 11.5 Å². The fourth-order valence-electron chi connectivity index (χ4n) is 3.69. The number of hydrogen-bond acceptors (Lipinski definition) is 2. The van der Waals surface area contributed by atoms with E-state index in [1.165, 1.54) is 31.4 Å². The van der Waals surface area contributed by atoms with Crippen LogP contribution in [0.3, 0.4) is 0 Å². The minimum absolute atomic E-state index is 0.247. The Morgan fingerprint density at radius 3 is 2.38 bits per heavy atom. The first-order valence-corrected chi connectivity index (χ1v) is 12.2. The van der Waals surface area contributed by atoms with E-state index in [1.807, 2.05) is 54.7 Å². The highest BCUT2D eigenvalue weighted by atomic mass is 35.5. The van der Waals surface area contributed by atoms with E-state index < -0.39 is 0 Å². The third-order valence-corrected chi connectivity index (χ3v) is 5.76. The summed E-state index contributed by atoms with van der Waals surface area (Å²) in [7, 11) is 0. The molecule has 1 heterocycles. The van der Waals surface area contributed by atoms with Gasteiger partial charge in [-0.05, 0) is 53.4 Å². The van der Waals surface area contributed by atoms with Crippen molar-refractivity contribution in [3.8, 4) is 5.75 Å². The normalized spacial score (nSPS) is 10.6. The number of benzene rings is 3. The molecule has 0 spiro atoms. The van der Waals surface area contributed by atoms with Crippen molar-refractivity contribution in [2.45, 2.75) is 45.8 Å². The molecular weight excluding hydrogens is 449 g/mol. The van der Waals surface area contributed by atoms with Crippen LogP contribution >= 0.6 is 11.6 Å². The number of hydrogen-bond donors (Lipinski definition) is 0. The van der Waals surface area contributed by atoms with E-state index in [9.17, 15) is 9.18 Å². The molecule has 0 bridgehead atoms. The Labute approximate surface area is 206 Å². The molecule has 0 saturated heterocycles. The van der Waals surface area contributed by atoms with E-state index in [4.69, 9.17) is 16.3 Å². The average Bonchev–Trinajstić information content (AvgIpc) is 3.20. The molecular formula is C29H31ClFNO2. The smallest absolute Gasteiger partial charge is 0.124 e. The van der Waals surface area contributed by atoms with Gasteiger partial charge in [-0.3, -0.25) is 0 Å². The summed E-state index contributed by atoms with van der Waals surface area (Å²) >= 11 is 5.38. The highest BCUT2D eigenvalue weighted by molar-refractivity contribution is 6.17. The number of ether oxygens (including phenoxy) is 1. The second-order valence-electron chi connectivity index (χ2n) is 8.13. The predicted molar refractivity (Wildman–Crippen MR) is 138 cm³/mol. The van der Waals surface area contributed by atoms with Crippen LogP contribution in [0.2, 0.25) is 0 Å². The van der Waals surface area contributed by atoms with Crippen LogP contribution in [-0.2, 0) is 24.4 Å². The molecule has 0 amide bonds. The van der Waals surface area contributed by atoms with E-state index in [0.29, 0.717) is 19.6 Å². The summed E-state index contributed by atoms with van der Waals surface area (Å²) < 4.78 is 21.2. The fraction of sp³-hybridized carbons (Fsp3) is 0.276. The third-order valence-electron chi connectivity index (χ3n) is 5.49. The Kier molecular flexibility index (Phi) is 10.2. The molecule has 0 atom stereocenters. The number of rotatable bonds is 10. The number of unbranched alkanes of at least 4 members (excludes halogenated alkanes) is 2. The lowest BCUT2D eigenvalue weighted by atomic mass is 10.1. The zero-order chi connectivity index (χ0) is 24.2. The standard InChI is InChI=1S/C24H20FNO2.C5H11Cl/c25-21-8-6-18(7-9-21)15-26-16-20(12-13-27)23-14-22(10-11-24(23)26)28-17-19-4-2-1-3-5-19;1-2-3-4-5-6/h1-11,13-14,16H,12,15,17H2;2-5H2,1H3. The molecule has 0 unspecified atom stereocenters. The summed E-state index contributed by atoms with van der Waals surface area (Å²) in [5.74, 6) is 1.35. The van der Waals surface area contributed by atoms with Crippen molar-refractivity contribution < 1.29 is 13.9 Å². The zero-order valence-corrected chi connectivity index (χ0v) is 20.3.